The van der Waals surface area contributed by atoms with Crippen LogP contribution in [0.4, 0.5) is 0 Å². The van der Waals surface area contributed by atoms with Crippen molar-refractivity contribution in [2.45, 2.75) is 6.10 Å². The Morgan fingerprint density at radius 2 is 2.05 bits per heavy atom. The molecule has 3 rings (SSSR count). The predicted molar refractivity (Wildman–Crippen MR) is 83.9 cm³/mol. The summed E-state index contributed by atoms with van der Waals surface area (Å²) in [4.78, 5) is 16.4. The van der Waals surface area contributed by atoms with Gasteiger partial charge in [-0.25, -0.2) is 4.98 Å². The zero-order valence-electron chi connectivity index (χ0n) is 11.6. The van der Waals surface area contributed by atoms with Crippen molar-refractivity contribution in [3.05, 3.63) is 71.1 Å². The van der Waals surface area contributed by atoms with Gasteiger partial charge >= 0.3 is 0 Å². The van der Waals surface area contributed by atoms with Gasteiger partial charge in [-0.3, -0.25) is 9.20 Å². The van der Waals surface area contributed by atoms with E-state index in [0.29, 0.717) is 21.9 Å². The van der Waals surface area contributed by atoms with Crippen molar-refractivity contribution in [1.82, 2.24) is 14.7 Å². The number of aliphatic hydroxyl groups excluding tert-OH is 1. The molecule has 0 spiro atoms. The van der Waals surface area contributed by atoms with Gasteiger partial charge in [-0.15, -0.1) is 0 Å². The second-order valence-corrected chi connectivity index (χ2v) is 5.29. The van der Waals surface area contributed by atoms with Crippen LogP contribution in [0.3, 0.4) is 0 Å². The van der Waals surface area contributed by atoms with Crippen LogP contribution < -0.4 is 5.32 Å². The van der Waals surface area contributed by atoms with Gasteiger partial charge in [0.15, 0.2) is 0 Å². The highest BCUT2D eigenvalue weighted by atomic mass is 35.5. The Morgan fingerprint density at radius 3 is 2.82 bits per heavy atom. The highest BCUT2D eigenvalue weighted by molar-refractivity contribution is 6.30. The SMILES string of the molecule is O=C(NCC(O)c1ccc(Cl)cc1)c1cnc2ccccn12. The summed E-state index contributed by atoms with van der Waals surface area (Å²) in [7, 11) is 0. The van der Waals surface area contributed by atoms with Crippen LogP contribution in [0, 0.1) is 0 Å². The Morgan fingerprint density at radius 1 is 1.27 bits per heavy atom. The number of hydrogen-bond acceptors (Lipinski definition) is 3. The molecule has 1 unspecified atom stereocenters. The number of carbonyl (C=O) groups excluding carboxylic acids is 1. The molecule has 0 radical (unpaired) electrons. The molecule has 0 aliphatic rings. The minimum atomic E-state index is -0.791. The molecule has 0 aliphatic heterocycles. The van der Waals surface area contributed by atoms with Gasteiger partial charge in [-0.05, 0) is 29.8 Å². The van der Waals surface area contributed by atoms with Gasteiger partial charge in [-0.1, -0.05) is 29.8 Å². The summed E-state index contributed by atoms with van der Waals surface area (Å²) < 4.78 is 1.70. The summed E-state index contributed by atoms with van der Waals surface area (Å²) >= 11 is 5.81. The van der Waals surface area contributed by atoms with E-state index in [2.05, 4.69) is 10.3 Å². The van der Waals surface area contributed by atoms with Crippen molar-refractivity contribution in [2.24, 2.45) is 0 Å². The maximum absolute atomic E-state index is 12.2. The highest BCUT2D eigenvalue weighted by Gasteiger charge is 2.14. The summed E-state index contributed by atoms with van der Waals surface area (Å²) in [5, 5.41) is 13.4. The van der Waals surface area contributed by atoms with Gasteiger partial charge in [0.1, 0.15) is 11.3 Å². The second kappa shape index (κ2) is 6.17. The Hall–Kier alpha value is -2.37. The zero-order valence-corrected chi connectivity index (χ0v) is 12.4. The summed E-state index contributed by atoms with van der Waals surface area (Å²) in [6, 6.07) is 12.4. The minimum Gasteiger partial charge on any atom is -0.387 e. The first kappa shape index (κ1) is 14.6. The average molecular weight is 316 g/mol. The van der Waals surface area contributed by atoms with Gasteiger partial charge in [0.25, 0.3) is 5.91 Å². The lowest BCUT2D eigenvalue weighted by molar-refractivity contribution is 0.0910. The van der Waals surface area contributed by atoms with Crippen LogP contribution in [-0.4, -0.2) is 26.9 Å². The van der Waals surface area contributed by atoms with E-state index in [1.807, 2.05) is 18.2 Å². The third kappa shape index (κ3) is 2.95. The molecule has 0 saturated heterocycles. The van der Waals surface area contributed by atoms with E-state index in [9.17, 15) is 9.90 Å². The summed E-state index contributed by atoms with van der Waals surface area (Å²) in [6.45, 7) is 0.112. The van der Waals surface area contributed by atoms with E-state index >= 15 is 0 Å². The van der Waals surface area contributed by atoms with E-state index in [0.717, 1.165) is 0 Å². The Balaban J connectivity index is 1.68. The van der Waals surface area contributed by atoms with E-state index in [4.69, 9.17) is 11.6 Å². The van der Waals surface area contributed by atoms with Gasteiger partial charge in [0.2, 0.25) is 0 Å². The second-order valence-electron chi connectivity index (χ2n) is 4.85. The van der Waals surface area contributed by atoms with Crippen molar-refractivity contribution < 1.29 is 9.90 Å². The van der Waals surface area contributed by atoms with Crippen LogP contribution in [0.25, 0.3) is 5.65 Å². The van der Waals surface area contributed by atoms with Gasteiger partial charge < -0.3 is 10.4 Å². The van der Waals surface area contributed by atoms with Crippen LogP contribution in [0.2, 0.25) is 5.02 Å². The molecule has 1 amide bonds. The van der Waals surface area contributed by atoms with Gasteiger partial charge in [-0.2, -0.15) is 0 Å². The number of amides is 1. The first-order chi connectivity index (χ1) is 10.6. The number of aromatic nitrogens is 2. The monoisotopic (exact) mass is 315 g/mol. The van der Waals surface area contributed by atoms with Crippen LogP contribution >= 0.6 is 11.6 Å². The number of aliphatic hydroxyl groups is 1. The molecule has 22 heavy (non-hydrogen) atoms. The van der Waals surface area contributed by atoms with E-state index in [1.165, 1.54) is 6.20 Å². The van der Waals surface area contributed by atoms with Crippen LogP contribution in [0.15, 0.2) is 54.9 Å². The minimum absolute atomic E-state index is 0.112. The fourth-order valence-corrected chi connectivity index (χ4v) is 2.31. The number of halogens is 1. The molecule has 0 aliphatic carbocycles. The number of rotatable bonds is 4. The zero-order chi connectivity index (χ0) is 15.5. The third-order valence-corrected chi connectivity index (χ3v) is 3.61. The third-order valence-electron chi connectivity index (χ3n) is 3.36. The molecule has 1 aromatic carbocycles. The maximum Gasteiger partial charge on any atom is 0.270 e. The molecular formula is C16H14ClN3O2. The molecule has 1 atom stereocenters. The van der Waals surface area contributed by atoms with Crippen molar-refractivity contribution in [3.63, 3.8) is 0 Å². The number of imidazole rings is 1. The lowest BCUT2D eigenvalue weighted by Crippen LogP contribution is -2.29. The number of nitrogens with zero attached hydrogens (tertiary/aromatic N) is 2. The van der Waals surface area contributed by atoms with E-state index in [-0.39, 0.29) is 12.5 Å². The first-order valence-corrected chi connectivity index (χ1v) is 7.17. The molecular weight excluding hydrogens is 302 g/mol. The Kier molecular flexibility index (Phi) is 4.09. The number of fused-ring (bicyclic) bond motifs is 1. The Bertz CT molecular complexity index is 799. The molecule has 0 fully saturated rings. The maximum atomic E-state index is 12.2. The number of nitrogens with one attached hydrogen (secondary N) is 1. The fourth-order valence-electron chi connectivity index (χ4n) is 2.18. The lowest BCUT2D eigenvalue weighted by atomic mass is 10.1. The van der Waals surface area contributed by atoms with Gasteiger partial charge in [0, 0.05) is 17.8 Å². The highest BCUT2D eigenvalue weighted by Crippen LogP contribution is 2.16. The summed E-state index contributed by atoms with van der Waals surface area (Å²) in [6.07, 6.45) is 2.49. The topological polar surface area (TPSA) is 66.6 Å². The molecule has 0 saturated carbocycles. The summed E-state index contributed by atoms with van der Waals surface area (Å²) in [5.74, 6) is -0.285. The van der Waals surface area contributed by atoms with Crippen molar-refractivity contribution >= 4 is 23.2 Å². The lowest BCUT2D eigenvalue weighted by Gasteiger charge is -2.12. The molecule has 3 aromatic rings. The van der Waals surface area contributed by atoms with E-state index in [1.54, 1.807) is 34.9 Å². The van der Waals surface area contributed by atoms with E-state index < -0.39 is 6.10 Å². The quantitative estimate of drug-likeness (QED) is 0.777. The normalized spacial score (nSPS) is 12.3. The number of carbonyl (C=O) groups is 1. The van der Waals surface area contributed by atoms with Gasteiger partial charge in [0.05, 0.1) is 12.3 Å². The summed E-state index contributed by atoms with van der Waals surface area (Å²) in [5.41, 5.74) is 1.83. The molecule has 2 N–H and O–H groups in total. The fraction of sp³-hybridized carbons (Fsp3) is 0.125. The number of benzene rings is 1. The van der Waals surface area contributed by atoms with Crippen LogP contribution in [0.5, 0.6) is 0 Å². The molecule has 2 aromatic heterocycles. The molecule has 112 valence electrons. The number of hydrogen-bond donors (Lipinski definition) is 2. The molecule has 0 bridgehead atoms. The first-order valence-electron chi connectivity index (χ1n) is 6.79. The predicted octanol–water partition coefficient (Wildman–Crippen LogP) is 2.45. The van der Waals surface area contributed by atoms with Crippen LogP contribution in [-0.2, 0) is 0 Å². The standard InChI is InChI=1S/C16H14ClN3O2/c17-12-6-4-11(5-7-12)14(21)10-19-16(22)13-9-18-15-3-1-2-8-20(13)15/h1-9,14,21H,10H2,(H,19,22). The number of pyridine rings is 1. The van der Waals surface area contributed by atoms with Crippen molar-refractivity contribution in [2.75, 3.05) is 6.54 Å². The van der Waals surface area contributed by atoms with Crippen molar-refractivity contribution in [3.8, 4) is 0 Å². The average Bonchev–Trinajstić information content (AvgIpc) is 2.97. The van der Waals surface area contributed by atoms with Crippen molar-refractivity contribution in [1.29, 1.82) is 0 Å². The Labute approximate surface area is 132 Å². The molecule has 6 heteroatoms. The van der Waals surface area contributed by atoms with Crippen LogP contribution in [0.1, 0.15) is 22.2 Å². The smallest absolute Gasteiger partial charge is 0.270 e. The molecule has 2 heterocycles. The molecule has 5 nitrogen and oxygen atoms in total. The largest absolute Gasteiger partial charge is 0.387 e.